The summed E-state index contributed by atoms with van der Waals surface area (Å²) in [4.78, 5) is 25.3. The molecule has 0 spiro atoms. The molecule has 0 heterocycles. The third kappa shape index (κ3) is 9.37. The Morgan fingerprint density at radius 2 is 1.88 bits per heavy atom. The zero-order chi connectivity index (χ0) is 18.2. The summed E-state index contributed by atoms with van der Waals surface area (Å²) in [5, 5.41) is 6.21. The van der Waals surface area contributed by atoms with Crippen molar-refractivity contribution in [1.82, 2.24) is 15.5 Å². The summed E-state index contributed by atoms with van der Waals surface area (Å²) in [6.45, 7) is 6.79. The molecule has 1 rings (SSSR count). The summed E-state index contributed by atoms with van der Waals surface area (Å²) in [5.41, 5.74) is -0.280. The standard InChI is InChI=1S/C17H26ClN3O3/c1-17(2,3)20-16(23)12-21(4)11-15(22)19-8-9-24-14-7-5-6-13(18)10-14/h5-7,10H,8-9,11-12H2,1-4H3,(H,19,22)(H,20,23). The van der Waals surface area contributed by atoms with Gasteiger partial charge in [-0.15, -0.1) is 0 Å². The minimum Gasteiger partial charge on any atom is -0.492 e. The van der Waals surface area contributed by atoms with Gasteiger partial charge < -0.3 is 15.4 Å². The van der Waals surface area contributed by atoms with Crippen LogP contribution >= 0.6 is 11.6 Å². The molecule has 0 atom stereocenters. The van der Waals surface area contributed by atoms with Gasteiger partial charge in [-0.25, -0.2) is 0 Å². The van der Waals surface area contributed by atoms with Crippen LogP contribution in [-0.4, -0.2) is 55.5 Å². The summed E-state index contributed by atoms with van der Waals surface area (Å²) >= 11 is 5.86. The van der Waals surface area contributed by atoms with E-state index in [9.17, 15) is 9.59 Å². The molecular weight excluding hydrogens is 330 g/mol. The fourth-order valence-corrected chi connectivity index (χ4v) is 2.16. The molecule has 0 saturated carbocycles. The van der Waals surface area contributed by atoms with E-state index in [2.05, 4.69) is 10.6 Å². The predicted molar refractivity (Wildman–Crippen MR) is 95.3 cm³/mol. The smallest absolute Gasteiger partial charge is 0.234 e. The molecule has 0 fully saturated rings. The van der Waals surface area contributed by atoms with E-state index in [0.29, 0.717) is 23.9 Å². The molecule has 0 aromatic heterocycles. The number of likely N-dealkylation sites (N-methyl/N-ethyl adjacent to an activating group) is 1. The Morgan fingerprint density at radius 1 is 1.21 bits per heavy atom. The highest BCUT2D eigenvalue weighted by atomic mass is 35.5. The Kier molecular flexibility index (Phi) is 8.01. The van der Waals surface area contributed by atoms with E-state index in [1.807, 2.05) is 20.8 Å². The predicted octanol–water partition coefficient (Wildman–Crippen LogP) is 1.68. The molecule has 6 nitrogen and oxygen atoms in total. The van der Waals surface area contributed by atoms with Gasteiger partial charge in [-0.1, -0.05) is 17.7 Å². The highest BCUT2D eigenvalue weighted by Crippen LogP contribution is 2.16. The van der Waals surface area contributed by atoms with Gasteiger partial charge in [0.15, 0.2) is 0 Å². The largest absolute Gasteiger partial charge is 0.492 e. The molecule has 2 amide bonds. The van der Waals surface area contributed by atoms with E-state index in [-0.39, 0.29) is 30.4 Å². The van der Waals surface area contributed by atoms with Crippen molar-refractivity contribution in [3.63, 3.8) is 0 Å². The van der Waals surface area contributed by atoms with Gasteiger partial charge in [0, 0.05) is 10.6 Å². The first-order valence-corrected chi connectivity index (χ1v) is 8.18. The lowest BCUT2D eigenvalue weighted by molar-refractivity contribution is -0.125. The number of nitrogens with one attached hydrogen (secondary N) is 2. The summed E-state index contributed by atoms with van der Waals surface area (Å²) in [7, 11) is 1.73. The Hall–Kier alpha value is -1.79. The van der Waals surface area contributed by atoms with Crippen LogP contribution in [0.25, 0.3) is 0 Å². The van der Waals surface area contributed by atoms with Crippen LogP contribution in [0.4, 0.5) is 0 Å². The van der Waals surface area contributed by atoms with E-state index in [0.717, 1.165) is 0 Å². The molecule has 0 saturated heterocycles. The number of hydrogen-bond donors (Lipinski definition) is 2. The Morgan fingerprint density at radius 3 is 2.50 bits per heavy atom. The number of benzene rings is 1. The van der Waals surface area contributed by atoms with Gasteiger partial charge in [0.1, 0.15) is 12.4 Å². The second kappa shape index (κ2) is 9.49. The van der Waals surface area contributed by atoms with Crippen LogP contribution in [0.1, 0.15) is 20.8 Å². The van der Waals surface area contributed by atoms with Gasteiger partial charge in [0.2, 0.25) is 11.8 Å². The Balaban J connectivity index is 2.20. The first kappa shape index (κ1) is 20.3. The monoisotopic (exact) mass is 355 g/mol. The second-order valence-corrected chi connectivity index (χ2v) is 7.06. The average Bonchev–Trinajstić information content (AvgIpc) is 2.41. The van der Waals surface area contributed by atoms with Gasteiger partial charge in [0.05, 0.1) is 19.6 Å². The molecule has 0 radical (unpaired) electrons. The van der Waals surface area contributed by atoms with Gasteiger partial charge in [-0.05, 0) is 46.0 Å². The normalized spacial score (nSPS) is 11.2. The number of halogens is 1. The van der Waals surface area contributed by atoms with E-state index < -0.39 is 0 Å². The van der Waals surface area contributed by atoms with Crippen molar-refractivity contribution in [3.05, 3.63) is 29.3 Å². The van der Waals surface area contributed by atoms with Crippen LogP contribution in [0.15, 0.2) is 24.3 Å². The van der Waals surface area contributed by atoms with Crippen molar-refractivity contribution in [2.45, 2.75) is 26.3 Å². The molecule has 134 valence electrons. The van der Waals surface area contributed by atoms with Crippen molar-refractivity contribution in [1.29, 1.82) is 0 Å². The third-order valence-electron chi connectivity index (χ3n) is 2.83. The van der Waals surface area contributed by atoms with E-state index in [1.54, 1.807) is 36.2 Å². The zero-order valence-electron chi connectivity index (χ0n) is 14.7. The zero-order valence-corrected chi connectivity index (χ0v) is 15.4. The minimum absolute atomic E-state index is 0.109. The summed E-state index contributed by atoms with van der Waals surface area (Å²) in [6, 6.07) is 7.08. The lowest BCUT2D eigenvalue weighted by Crippen LogP contribution is -2.47. The molecule has 0 bridgehead atoms. The lowest BCUT2D eigenvalue weighted by Gasteiger charge is -2.23. The third-order valence-corrected chi connectivity index (χ3v) is 3.07. The summed E-state index contributed by atoms with van der Waals surface area (Å²) < 4.78 is 5.48. The maximum Gasteiger partial charge on any atom is 0.234 e. The highest BCUT2D eigenvalue weighted by molar-refractivity contribution is 6.30. The maximum absolute atomic E-state index is 11.8. The fourth-order valence-electron chi connectivity index (χ4n) is 1.98. The van der Waals surface area contributed by atoms with Crippen LogP contribution in [0.3, 0.4) is 0 Å². The van der Waals surface area contributed by atoms with Crippen molar-refractivity contribution in [2.24, 2.45) is 0 Å². The molecule has 7 heteroatoms. The quantitative estimate of drug-likeness (QED) is 0.696. The first-order chi connectivity index (χ1) is 11.2. The number of hydrogen-bond acceptors (Lipinski definition) is 4. The van der Waals surface area contributed by atoms with Gasteiger partial charge in [0.25, 0.3) is 0 Å². The number of nitrogens with zero attached hydrogens (tertiary/aromatic N) is 1. The lowest BCUT2D eigenvalue weighted by atomic mass is 10.1. The van der Waals surface area contributed by atoms with Crippen molar-refractivity contribution < 1.29 is 14.3 Å². The minimum atomic E-state index is -0.280. The van der Waals surface area contributed by atoms with Crippen molar-refractivity contribution in [3.8, 4) is 5.75 Å². The second-order valence-electron chi connectivity index (χ2n) is 6.63. The molecule has 2 N–H and O–H groups in total. The number of amides is 2. The molecule has 24 heavy (non-hydrogen) atoms. The summed E-state index contributed by atoms with van der Waals surface area (Å²) in [6.07, 6.45) is 0. The molecule has 1 aromatic carbocycles. The molecular formula is C17H26ClN3O3. The van der Waals surface area contributed by atoms with E-state index in [1.165, 1.54) is 0 Å². The van der Waals surface area contributed by atoms with Crippen LogP contribution < -0.4 is 15.4 Å². The van der Waals surface area contributed by atoms with Crippen LogP contribution in [-0.2, 0) is 9.59 Å². The number of rotatable bonds is 8. The first-order valence-electron chi connectivity index (χ1n) is 7.80. The van der Waals surface area contributed by atoms with Crippen LogP contribution in [0, 0.1) is 0 Å². The molecule has 0 aliphatic rings. The molecule has 1 aromatic rings. The Bertz CT molecular complexity index is 558. The highest BCUT2D eigenvalue weighted by Gasteiger charge is 2.16. The number of carbonyl (C=O) groups excluding carboxylic acids is 2. The van der Waals surface area contributed by atoms with Crippen LogP contribution in [0.5, 0.6) is 5.75 Å². The molecule has 0 unspecified atom stereocenters. The molecule has 0 aliphatic carbocycles. The van der Waals surface area contributed by atoms with Gasteiger partial charge >= 0.3 is 0 Å². The van der Waals surface area contributed by atoms with E-state index in [4.69, 9.17) is 16.3 Å². The van der Waals surface area contributed by atoms with Crippen LogP contribution in [0.2, 0.25) is 5.02 Å². The Labute approximate surface area is 148 Å². The number of carbonyl (C=O) groups is 2. The van der Waals surface area contributed by atoms with E-state index >= 15 is 0 Å². The number of ether oxygens (including phenoxy) is 1. The maximum atomic E-state index is 11.8. The fraction of sp³-hybridized carbons (Fsp3) is 0.529. The summed E-state index contributed by atoms with van der Waals surface area (Å²) in [5.74, 6) is 0.394. The molecule has 0 aliphatic heterocycles. The van der Waals surface area contributed by atoms with Crippen molar-refractivity contribution in [2.75, 3.05) is 33.3 Å². The van der Waals surface area contributed by atoms with Gasteiger partial charge in [-0.3, -0.25) is 14.5 Å². The van der Waals surface area contributed by atoms with Crippen molar-refractivity contribution >= 4 is 23.4 Å². The topological polar surface area (TPSA) is 70.7 Å². The average molecular weight is 356 g/mol. The SMILES string of the molecule is CN(CC(=O)NCCOc1cccc(Cl)c1)CC(=O)NC(C)(C)C. The van der Waals surface area contributed by atoms with Gasteiger partial charge in [-0.2, -0.15) is 0 Å².